The highest BCUT2D eigenvalue weighted by molar-refractivity contribution is 5.98. The SMILES string of the molecule is COc1ccc2ccccc2c1/C=C/C(=O)N1CCNCC1. The molecule has 4 heteroatoms. The molecular weight excluding hydrogens is 276 g/mol. The van der Waals surface area contributed by atoms with Crippen molar-refractivity contribution in [2.75, 3.05) is 33.3 Å². The first kappa shape index (κ1) is 14.6. The summed E-state index contributed by atoms with van der Waals surface area (Å²) in [4.78, 5) is 14.1. The van der Waals surface area contributed by atoms with Gasteiger partial charge >= 0.3 is 0 Å². The fraction of sp³-hybridized carbons (Fsp3) is 0.278. The maximum atomic E-state index is 12.3. The largest absolute Gasteiger partial charge is 0.496 e. The number of hydrogen-bond donors (Lipinski definition) is 1. The van der Waals surface area contributed by atoms with E-state index in [0.717, 1.165) is 48.3 Å². The van der Waals surface area contributed by atoms with Gasteiger partial charge in [0.1, 0.15) is 5.75 Å². The molecule has 1 aliphatic heterocycles. The number of rotatable bonds is 3. The number of methoxy groups -OCH3 is 1. The summed E-state index contributed by atoms with van der Waals surface area (Å²) in [6, 6.07) is 12.1. The van der Waals surface area contributed by atoms with Crippen LogP contribution in [0.25, 0.3) is 16.8 Å². The van der Waals surface area contributed by atoms with Crippen LogP contribution in [0.15, 0.2) is 42.5 Å². The Hall–Kier alpha value is -2.33. The molecule has 2 aromatic carbocycles. The molecule has 0 aromatic heterocycles. The number of benzene rings is 2. The van der Waals surface area contributed by atoms with Crippen molar-refractivity contribution in [3.05, 3.63) is 48.0 Å². The normalized spacial score (nSPS) is 15.4. The smallest absolute Gasteiger partial charge is 0.246 e. The average molecular weight is 296 g/mol. The second-order valence-electron chi connectivity index (χ2n) is 5.31. The molecule has 22 heavy (non-hydrogen) atoms. The van der Waals surface area contributed by atoms with Crippen LogP contribution in [0, 0.1) is 0 Å². The molecule has 1 N–H and O–H groups in total. The van der Waals surface area contributed by atoms with E-state index in [1.54, 1.807) is 13.2 Å². The van der Waals surface area contributed by atoms with Gasteiger partial charge < -0.3 is 15.0 Å². The summed E-state index contributed by atoms with van der Waals surface area (Å²) in [7, 11) is 1.65. The van der Waals surface area contributed by atoms with E-state index in [1.165, 1.54) is 0 Å². The predicted molar refractivity (Wildman–Crippen MR) is 89.0 cm³/mol. The minimum atomic E-state index is 0.0523. The van der Waals surface area contributed by atoms with Crippen LogP contribution in [0.2, 0.25) is 0 Å². The molecule has 0 atom stereocenters. The Balaban J connectivity index is 1.91. The van der Waals surface area contributed by atoms with Crippen molar-refractivity contribution in [2.24, 2.45) is 0 Å². The van der Waals surface area contributed by atoms with Gasteiger partial charge in [-0.2, -0.15) is 0 Å². The van der Waals surface area contributed by atoms with Crippen LogP contribution >= 0.6 is 0 Å². The van der Waals surface area contributed by atoms with Gasteiger partial charge in [-0.15, -0.1) is 0 Å². The summed E-state index contributed by atoms with van der Waals surface area (Å²) >= 11 is 0. The van der Waals surface area contributed by atoms with E-state index in [9.17, 15) is 4.79 Å². The number of carbonyl (C=O) groups excluding carboxylic acids is 1. The van der Waals surface area contributed by atoms with Crippen LogP contribution in [0.1, 0.15) is 5.56 Å². The minimum absolute atomic E-state index is 0.0523. The van der Waals surface area contributed by atoms with E-state index in [4.69, 9.17) is 4.74 Å². The first-order valence-electron chi connectivity index (χ1n) is 7.53. The third-order valence-electron chi connectivity index (χ3n) is 3.97. The lowest BCUT2D eigenvalue weighted by Crippen LogP contribution is -2.45. The quantitative estimate of drug-likeness (QED) is 0.884. The van der Waals surface area contributed by atoms with Gasteiger partial charge in [0.05, 0.1) is 7.11 Å². The Bertz CT molecular complexity index is 703. The molecule has 2 aromatic rings. The van der Waals surface area contributed by atoms with Crippen LogP contribution in [0.4, 0.5) is 0 Å². The molecule has 1 heterocycles. The lowest BCUT2D eigenvalue weighted by molar-refractivity contribution is -0.126. The van der Waals surface area contributed by atoms with Crippen molar-refractivity contribution in [1.29, 1.82) is 0 Å². The molecule has 114 valence electrons. The summed E-state index contributed by atoms with van der Waals surface area (Å²) in [5.74, 6) is 0.833. The predicted octanol–water partition coefficient (Wildman–Crippen LogP) is 2.29. The monoisotopic (exact) mass is 296 g/mol. The summed E-state index contributed by atoms with van der Waals surface area (Å²) in [5, 5.41) is 5.47. The average Bonchev–Trinajstić information content (AvgIpc) is 2.60. The zero-order chi connectivity index (χ0) is 15.4. The molecule has 1 saturated heterocycles. The molecule has 0 aliphatic carbocycles. The van der Waals surface area contributed by atoms with Gasteiger partial charge in [-0.25, -0.2) is 0 Å². The van der Waals surface area contributed by atoms with E-state index >= 15 is 0 Å². The fourth-order valence-corrected chi connectivity index (χ4v) is 2.77. The van der Waals surface area contributed by atoms with Gasteiger partial charge in [0.15, 0.2) is 0 Å². The van der Waals surface area contributed by atoms with Crippen molar-refractivity contribution in [3.8, 4) is 5.75 Å². The van der Waals surface area contributed by atoms with Gasteiger partial charge in [-0.05, 0) is 22.9 Å². The molecular formula is C18H20N2O2. The van der Waals surface area contributed by atoms with Gasteiger partial charge in [0.2, 0.25) is 5.91 Å². The number of nitrogens with one attached hydrogen (secondary N) is 1. The van der Waals surface area contributed by atoms with Crippen LogP contribution in [0.5, 0.6) is 5.75 Å². The number of ether oxygens (including phenoxy) is 1. The van der Waals surface area contributed by atoms with E-state index in [2.05, 4.69) is 11.4 Å². The molecule has 0 radical (unpaired) electrons. The van der Waals surface area contributed by atoms with E-state index in [0.29, 0.717) is 0 Å². The molecule has 4 nitrogen and oxygen atoms in total. The van der Waals surface area contributed by atoms with Crippen molar-refractivity contribution < 1.29 is 9.53 Å². The highest BCUT2D eigenvalue weighted by atomic mass is 16.5. The Labute approximate surface area is 130 Å². The third kappa shape index (κ3) is 2.97. The van der Waals surface area contributed by atoms with Crippen molar-refractivity contribution in [2.45, 2.75) is 0 Å². The number of hydrogen-bond acceptors (Lipinski definition) is 3. The Kier molecular flexibility index (Phi) is 4.39. The van der Waals surface area contributed by atoms with Crippen molar-refractivity contribution >= 4 is 22.8 Å². The third-order valence-corrected chi connectivity index (χ3v) is 3.97. The number of carbonyl (C=O) groups is 1. The minimum Gasteiger partial charge on any atom is -0.496 e. The topological polar surface area (TPSA) is 41.6 Å². The molecule has 0 unspecified atom stereocenters. The second-order valence-corrected chi connectivity index (χ2v) is 5.31. The van der Waals surface area contributed by atoms with Gasteiger partial charge in [0, 0.05) is 37.8 Å². The Morgan fingerprint density at radius 3 is 2.73 bits per heavy atom. The Morgan fingerprint density at radius 1 is 1.18 bits per heavy atom. The van der Waals surface area contributed by atoms with Crippen LogP contribution in [-0.2, 0) is 4.79 Å². The van der Waals surface area contributed by atoms with Crippen molar-refractivity contribution in [3.63, 3.8) is 0 Å². The van der Waals surface area contributed by atoms with Gasteiger partial charge in [0.25, 0.3) is 0 Å². The Morgan fingerprint density at radius 2 is 1.95 bits per heavy atom. The van der Waals surface area contributed by atoms with Crippen molar-refractivity contribution in [1.82, 2.24) is 10.2 Å². The van der Waals surface area contributed by atoms with E-state index < -0.39 is 0 Å². The lowest BCUT2D eigenvalue weighted by Gasteiger charge is -2.26. The fourth-order valence-electron chi connectivity index (χ4n) is 2.77. The molecule has 0 bridgehead atoms. The highest BCUT2D eigenvalue weighted by Gasteiger charge is 2.14. The standard InChI is InChI=1S/C18H20N2O2/c1-22-17-8-6-14-4-2-3-5-15(14)16(17)7-9-18(21)20-12-10-19-11-13-20/h2-9,19H,10-13H2,1H3/b9-7+. The highest BCUT2D eigenvalue weighted by Crippen LogP contribution is 2.29. The summed E-state index contributed by atoms with van der Waals surface area (Å²) < 4.78 is 5.45. The van der Waals surface area contributed by atoms with Crippen LogP contribution < -0.4 is 10.1 Å². The zero-order valence-electron chi connectivity index (χ0n) is 12.7. The molecule has 3 rings (SSSR count). The molecule has 1 fully saturated rings. The van der Waals surface area contributed by atoms with E-state index in [-0.39, 0.29) is 5.91 Å². The zero-order valence-corrected chi connectivity index (χ0v) is 12.7. The van der Waals surface area contributed by atoms with E-state index in [1.807, 2.05) is 41.3 Å². The first-order chi connectivity index (χ1) is 10.8. The van der Waals surface area contributed by atoms with Gasteiger partial charge in [-0.1, -0.05) is 30.3 Å². The number of nitrogens with zero attached hydrogens (tertiary/aromatic N) is 1. The number of amides is 1. The first-order valence-corrected chi connectivity index (χ1v) is 7.53. The number of piperazine rings is 1. The molecule has 1 aliphatic rings. The molecule has 0 spiro atoms. The maximum Gasteiger partial charge on any atom is 0.246 e. The molecule has 1 amide bonds. The lowest BCUT2D eigenvalue weighted by atomic mass is 10.0. The van der Waals surface area contributed by atoms with Crippen LogP contribution in [-0.4, -0.2) is 44.1 Å². The second kappa shape index (κ2) is 6.62. The number of fused-ring (bicyclic) bond motifs is 1. The summed E-state index contributed by atoms with van der Waals surface area (Å²) in [6.07, 6.45) is 3.52. The maximum absolute atomic E-state index is 12.3. The van der Waals surface area contributed by atoms with Gasteiger partial charge in [-0.3, -0.25) is 4.79 Å². The summed E-state index contributed by atoms with van der Waals surface area (Å²) in [6.45, 7) is 3.24. The van der Waals surface area contributed by atoms with Crippen LogP contribution in [0.3, 0.4) is 0 Å². The molecule has 0 saturated carbocycles. The summed E-state index contributed by atoms with van der Waals surface area (Å²) in [5.41, 5.74) is 0.948.